The Kier molecular flexibility index (Phi) is 6.64. The summed E-state index contributed by atoms with van der Waals surface area (Å²) >= 11 is 0. The minimum absolute atomic E-state index is 0.329. The van der Waals surface area contributed by atoms with Crippen LogP contribution >= 0.6 is 0 Å². The van der Waals surface area contributed by atoms with E-state index in [1.807, 2.05) is 6.08 Å². The van der Waals surface area contributed by atoms with Crippen molar-refractivity contribution in [2.45, 2.75) is 13.8 Å². The van der Waals surface area contributed by atoms with Gasteiger partial charge in [-0.3, -0.25) is 4.79 Å². The Bertz CT molecular complexity index is 323. The number of carbonyl (C=O) groups excluding carboxylic acids is 1. The Hall–Kier alpha value is -1.83. The molecule has 0 bridgehead atoms. The second kappa shape index (κ2) is 7.56. The van der Waals surface area contributed by atoms with Crippen molar-refractivity contribution in [3.8, 4) is 0 Å². The van der Waals surface area contributed by atoms with Crippen molar-refractivity contribution in [2.24, 2.45) is 0 Å². The summed E-state index contributed by atoms with van der Waals surface area (Å²) in [6, 6.07) is 8.28. The number of aryl methyl sites for hydroxylation is 1. The molecule has 0 aliphatic rings. The van der Waals surface area contributed by atoms with E-state index >= 15 is 0 Å². The molecule has 0 aliphatic carbocycles. The largest absolute Gasteiger partial charge is 0.435 e. The molecule has 0 aliphatic heterocycles. The lowest BCUT2D eigenvalue weighted by molar-refractivity contribution is -0.135. The molecule has 0 radical (unpaired) electrons. The van der Waals surface area contributed by atoms with Gasteiger partial charge in [-0.1, -0.05) is 49.1 Å². The highest BCUT2D eigenvalue weighted by atomic mass is 16.5. The molecular weight excluding hydrogens is 188 g/mol. The van der Waals surface area contributed by atoms with Crippen LogP contribution in [0.1, 0.15) is 18.1 Å². The van der Waals surface area contributed by atoms with Gasteiger partial charge in [0.25, 0.3) is 0 Å². The van der Waals surface area contributed by atoms with E-state index in [0.29, 0.717) is 0 Å². The van der Waals surface area contributed by atoms with Gasteiger partial charge in [0, 0.05) is 6.92 Å². The normalized spacial score (nSPS) is 8.13. The van der Waals surface area contributed by atoms with E-state index in [2.05, 4.69) is 49.1 Å². The minimum atomic E-state index is -0.329. The van der Waals surface area contributed by atoms with Crippen molar-refractivity contribution in [1.29, 1.82) is 0 Å². The highest BCUT2D eigenvalue weighted by Gasteiger charge is 1.82. The quantitative estimate of drug-likeness (QED) is 0.545. The molecule has 2 heteroatoms. The fourth-order valence-corrected chi connectivity index (χ4v) is 0.820. The minimum Gasteiger partial charge on any atom is -0.435 e. The maximum absolute atomic E-state index is 9.75. The third-order valence-corrected chi connectivity index (χ3v) is 1.56. The fourth-order valence-electron chi connectivity index (χ4n) is 0.820. The molecule has 0 spiro atoms. The predicted octanol–water partition coefficient (Wildman–Crippen LogP) is 3.33. The van der Waals surface area contributed by atoms with Gasteiger partial charge in [0.05, 0.1) is 6.26 Å². The van der Waals surface area contributed by atoms with Crippen molar-refractivity contribution in [3.05, 3.63) is 54.8 Å². The van der Waals surface area contributed by atoms with E-state index in [-0.39, 0.29) is 5.97 Å². The molecule has 0 fully saturated rings. The van der Waals surface area contributed by atoms with Crippen LogP contribution in [0.15, 0.2) is 43.7 Å². The molecule has 0 saturated carbocycles. The average molecular weight is 204 g/mol. The predicted molar refractivity (Wildman–Crippen MR) is 63.2 cm³/mol. The number of benzene rings is 1. The lowest BCUT2D eigenvalue weighted by atomic mass is 10.2. The van der Waals surface area contributed by atoms with Crippen molar-refractivity contribution in [1.82, 2.24) is 0 Å². The van der Waals surface area contributed by atoms with Crippen molar-refractivity contribution < 1.29 is 9.53 Å². The fraction of sp³-hybridized carbons (Fsp3) is 0.154. The standard InChI is InChI=1S/C9H10.C4H6O2/c1-3-9-6-4-8(2)5-7-9;1-3-6-4(2)5/h3-7H,1H2,2H3;3H,1H2,2H3. The molecule has 0 N–H and O–H groups in total. The molecular formula is C13H16O2. The lowest BCUT2D eigenvalue weighted by Crippen LogP contribution is -1.87. The third-order valence-electron chi connectivity index (χ3n) is 1.56. The van der Waals surface area contributed by atoms with Crippen molar-refractivity contribution in [3.63, 3.8) is 0 Å². The third kappa shape index (κ3) is 7.26. The Morgan fingerprint density at radius 2 is 1.80 bits per heavy atom. The van der Waals surface area contributed by atoms with Crippen LogP contribution in [0.3, 0.4) is 0 Å². The number of carbonyl (C=O) groups is 1. The number of esters is 1. The van der Waals surface area contributed by atoms with Crippen molar-refractivity contribution >= 4 is 12.0 Å². The topological polar surface area (TPSA) is 26.3 Å². The monoisotopic (exact) mass is 204 g/mol. The summed E-state index contributed by atoms with van der Waals surface area (Å²) in [7, 11) is 0. The smallest absolute Gasteiger partial charge is 0.307 e. The maximum Gasteiger partial charge on any atom is 0.307 e. The zero-order valence-corrected chi connectivity index (χ0v) is 9.19. The Balaban J connectivity index is 0.000000288. The van der Waals surface area contributed by atoms with E-state index in [9.17, 15) is 4.79 Å². The SMILES string of the molecule is C=COC(C)=O.C=Cc1ccc(C)cc1. The van der Waals surface area contributed by atoms with E-state index in [1.165, 1.54) is 18.1 Å². The average Bonchev–Trinajstić information content (AvgIpc) is 2.20. The number of rotatable bonds is 2. The summed E-state index contributed by atoms with van der Waals surface area (Å²) in [6.45, 7) is 10.2. The van der Waals surface area contributed by atoms with Crippen LogP contribution in [0.25, 0.3) is 6.08 Å². The highest BCUT2D eigenvalue weighted by molar-refractivity contribution is 5.66. The van der Waals surface area contributed by atoms with Gasteiger partial charge < -0.3 is 4.74 Å². The van der Waals surface area contributed by atoms with Crippen LogP contribution in [0.2, 0.25) is 0 Å². The zero-order valence-electron chi connectivity index (χ0n) is 9.19. The van der Waals surface area contributed by atoms with Crippen LogP contribution < -0.4 is 0 Å². The number of ether oxygens (including phenoxy) is 1. The van der Waals surface area contributed by atoms with Gasteiger partial charge in [0.15, 0.2) is 0 Å². The summed E-state index contributed by atoms with van der Waals surface area (Å²) in [6.07, 6.45) is 2.95. The van der Waals surface area contributed by atoms with E-state index in [1.54, 1.807) is 0 Å². The number of hydrogen-bond acceptors (Lipinski definition) is 2. The zero-order chi connectivity index (χ0) is 11.7. The maximum atomic E-state index is 9.75. The van der Waals surface area contributed by atoms with Gasteiger partial charge in [0.2, 0.25) is 0 Å². The van der Waals surface area contributed by atoms with Gasteiger partial charge in [-0.25, -0.2) is 0 Å². The first-order valence-electron chi connectivity index (χ1n) is 4.57. The first-order valence-corrected chi connectivity index (χ1v) is 4.57. The van der Waals surface area contributed by atoms with Gasteiger partial charge in [-0.2, -0.15) is 0 Å². The highest BCUT2D eigenvalue weighted by Crippen LogP contribution is 2.02. The molecule has 0 atom stereocenters. The van der Waals surface area contributed by atoms with Crippen molar-refractivity contribution in [2.75, 3.05) is 0 Å². The number of hydrogen-bond donors (Lipinski definition) is 0. The molecule has 1 rings (SSSR count). The lowest BCUT2D eigenvalue weighted by Gasteiger charge is -1.91. The first-order chi connectivity index (χ1) is 7.10. The van der Waals surface area contributed by atoms with Gasteiger partial charge >= 0.3 is 5.97 Å². The Morgan fingerprint density at radius 1 is 1.27 bits per heavy atom. The Morgan fingerprint density at radius 3 is 2.07 bits per heavy atom. The van der Waals surface area contributed by atoms with E-state index in [0.717, 1.165) is 6.26 Å². The summed E-state index contributed by atoms with van der Waals surface area (Å²) in [5.41, 5.74) is 2.47. The van der Waals surface area contributed by atoms with Gasteiger partial charge in [-0.05, 0) is 12.5 Å². The van der Waals surface area contributed by atoms with Crippen LogP contribution in [0, 0.1) is 6.92 Å². The molecule has 15 heavy (non-hydrogen) atoms. The summed E-state index contributed by atoms with van der Waals surface area (Å²) < 4.78 is 4.17. The van der Waals surface area contributed by atoms with E-state index in [4.69, 9.17) is 0 Å². The Labute approximate surface area is 90.9 Å². The molecule has 0 heterocycles. The second-order valence-electron chi connectivity index (χ2n) is 2.89. The van der Waals surface area contributed by atoms with Crippen LogP contribution in [0.5, 0.6) is 0 Å². The molecule has 1 aromatic rings. The van der Waals surface area contributed by atoms with Gasteiger partial charge in [0.1, 0.15) is 0 Å². The molecule has 80 valence electrons. The van der Waals surface area contributed by atoms with E-state index < -0.39 is 0 Å². The second-order valence-corrected chi connectivity index (χ2v) is 2.89. The van der Waals surface area contributed by atoms with Crippen LogP contribution in [0.4, 0.5) is 0 Å². The molecule has 0 unspecified atom stereocenters. The molecule has 0 aromatic heterocycles. The van der Waals surface area contributed by atoms with Gasteiger partial charge in [-0.15, -0.1) is 0 Å². The van der Waals surface area contributed by atoms with Crippen LogP contribution in [-0.2, 0) is 9.53 Å². The summed E-state index contributed by atoms with van der Waals surface area (Å²) in [5, 5.41) is 0. The molecule has 0 amide bonds. The molecule has 0 saturated heterocycles. The summed E-state index contributed by atoms with van der Waals surface area (Å²) in [5.74, 6) is -0.329. The molecule has 1 aromatic carbocycles. The van der Waals surface area contributed by atoms with Crippen LogP contribution in [-0.4, -0.2) is 5.97 Å². The molecule has 2 nitrogen and oxygen atoms in total. The first kappa shape index (κ1) is 13.2. The summed E-state index contributed by atoms with van der Waals surface area (Å²) in [4.78, 5) is 9.75.